The molecule has 0 saturated carbocycles. The Balaban J connectivity index is 1.96. The number of allylic oxidation sites excluding steroid dienone is 1. The SMILES string of the molecule is CCC(B1OC(C)(C)C(C)(C)O1)=C1c2ccc(Cl)cc2OCc2ncccc21. The van der Waals surface area contributed by atoms with E-state index in [1.54, 1.807) is 6.20 Å². The van der Waals surface area contributed by atoms with E-state index in [0.717, 1.165) is 40.0 Å². The summed E-state index contributed by atoms with van der Waals surface area (Å²) in [5, 5.41) is 0.644. The summed E-state index contributed by atoms with van der Waals surface area (Å²) in [7, 11) is -0.431. The van der Waals surface area contributed by atoms with Crippen molar-refractivity contribution in [1.29, 1.82) is 0 Å². The van der Waals surface area contributed by atoms with Crippen LogP contribution < -0.4 is 4.74 Å². The molecule has 4 rings (SSSR count). The number of fused-ring (bicyclic) bond motifs is 2. The molecule has 0 N–H and O–H groups in total. The van der Waals surface area contributed by atoms with Crippen LogP contribution in [-0.4, -0.2) is 23.3 Å². The summed E-state index contributed by atoms with van der Waals surface area (Å²) in [6.45, 7) is 10.8. The standard InChI is InChI=1S/C22H25BClNO3/c1-6-17(23-27-21(2,3)22(4,5)28-23)20-15-8-7-11-25-18(15)13-26-19-12-14(24)9-10-16(19)20/h7-12H,6,13H2,1-5H3. The Morgan fingerprint density at radius 1 is 1.11 bits per heavy atom. The average molecular weight is 398 g/mol. The molecule has 0 unspecified atom stereocenters. The van der Waals surface area contributed by atoms with Crippen LogP contribution in [0.1, 0.15) is 57.9 Å². The number of aromatic nitrogens is 1. The minimum absolute atomic E-state index is 0.396. The number of hydrogen-bond donors (Lipinski definition) is 0. The van der Waals surface area contributed by atoms with Gasteiger partial charge in [-0.05, 0) is 69.4 Å². The molecule has 3 heterocycles. The van der Waals surface area contributed by atoms with E-state index in [9.17, 15) is 0 Å². The maximum absolute atomic E-state index is 6.40. The third-order valence-electron chi connectivity index (χ3n) is 5.98. The Morgan fingerprint density at radius 3 is 2.50 bits per heavy atom. The highest BCUT2D eigenvalue weighted by atomic mass is 35.5. The van der Waals surface area contributed by atoms with Gasteiger partial charge < -0.3 is 14.0 Å². The minimum Gasteiger partial charge on any atom is -0.487 e. The van der Waals surface area contributed by atoms with Crippen LogP contribution in [0.4, 0.5) is 0 Å². The zero-order valence-corrected chi connectivity index (χ0v) is 17.8. The average Bonchev–Trinajstić information content (AvgIpc) is 2.77. The third kappa shape index (κ3) is 3.16. The third-order valence-corrected chi connectivity index (χ3v) is 6.21. The van der Waals surface area contributed by atoms with Crippen molar-refractivity contribution in [2.75, 3.05) is 0 Å². The van der Waals surface area contributed by atoms with Gasteiger partial charge in [-0.2, -0.15) is 0 Å². The van der Waals surface area contributed by atoms with Crippen LogP contribution in [0.15, 0.2) is 42.0 Å². The maximum atomic E-state index is 6.40. The smallest absolute Gasteiger partial charge is 0.487 e. The molecule has 2 aliphatic rings. The highest BCUT2D eigenvalue weighted by Crippen LogP contribution is 2.44. The largest absolute Gasteiger partial charge is 0.491 e. The van der Waals surface area contributed by atoms with Crippen LogP contribution in [0.3, 0.4) is 0 Å². The molecule has 0 bridgehead atoms. The number of nitrogens with zero attached hydrogens (tertiary/aromatic N) is 1. The molecule has 6 heteroatoms. The van der Waals surface area contributed by atoms with E-state index in [1.807, 2.05) is 24.3 Å². The molecule has 2 aromatic rings. The molecule has 0 spiro atoms. The molecule has 1 saturated heterocycles. The van der Waals surface area contributed by atoms with Gasteiger partial charge in [-0.25, -0.2) is 0 Å². The molecule has 1 aromatic carbocycles. The number of rotatable bonds is 2. The molecule has 0 amide bonds. The first-order valence-electron chi connectivity index (χ1n) is 9.69. The quantitative estimate of drug-likeness (QED) is 0.630. The lowest BCUT2D eigenvalue weighted by Gasteiger charge is -2.32. The Morgan fingerprint density at radius 2 is 1.82 bits per heavy atom. The lowest BCUT2D eigenvalue weighted by molar-refractivity contribution is 0.00578. The summed E-state index contributed by atoms with van der Waals surface area (Å²) in [4.78, 5) is 4.56. The minimum atomic E-state index is -0.431. The first kappa shape index (κ1) is 19.5. The summed E-state index contributed by atoms with van der Waals surface area (Å²) in [5.41, 5.74) is 4.28. The van der Waals surface area contributed by atoms with E-state index in [0.29, 0.717) is 11.6 Å². The lowest BCUT2D eigenvalue weighted by Crippen LogP contribution is -2.41. The monoisotopic (exact) mass is 397 g/mol. The number of ether oxygens (including phenoxy) is 1. The van der Waals surface area contributed by atoms with Gasteiger partial charge in [-0.15, -0.1) is 0 Å². The summed E-state index contributed by atoms with van der Waals surface area (Å²) >= 11 is 6.24. The van der Waals surface area contributed by atoms with Crippen LogP contribution in [0.25, 0.3) is 5.57 Å². The van der Waals surface area contributed by atoms with Crippen LogP contribution >= 0.6 is 11.6 Å². The van der Waals surface area contributed by atoms with Crippen molar-refractivity contribution in [3.8, 4) is 5.75 Å². The van der Waals surface area contributed by atoms with E-state index in [2.05, 4.69) is 45.7 Å². The van der Waals surface area contributed by atoms with Gasteiger partial charge in [0.05, 0.1) is 16.9 Å². The summed E-state index contributed by atoms with van der Waals surface area (Å²) in [5.74, 6) is 0.753. The topological polar surface area (TPSA) is 40.6 Å². The summed E-state index contributed by atoms with van der Waals surface area (Å²) in [6.07, 6.45) is 2.58. The predicted octanol–water partition coefficient (Wildman–Crippen LogP) is 5.47. The fourth-order valence-electron chi connectivity index (χ4n) is 3.69. The van der Waals surface area contributed by atoms with Crippen molar-refractivity contribution in [3.63, 3.8) is 0 Å². The van der Waals surface area contributed by atoms with Crippen molar-refractivity contribution in [2.45, 2.75) is 58.8 Å². The van der Waals surface area contributed by atoms with E-state index < -0.39 is 18.3 Å². The van der Waals surface area contributed by atoms with E-state index in [-0.39, 0.29) is 0 Å². The predicted molar refractivity (Wildman–Crippen MR) is 112 cm³/mol. The molecular formula is C22H25BClNO3. The summed E-state index contributed by atoms with van der Waals surface area (Å²) < 4.78 is 18.9. The van der Waals surface area contributed by atoms with Gasteiger partial charge in [-0.3, -0.25) is 4.98 Å². The van der Waals surface area contributed by atoms with Gasteiger partial charge in [0.2, 0.25) is 0 Å². The molecule has 1 fully saturated rings. The Bertz CT molecular complexity index is 939. The van der Waals surface area contributed by atoms with E-state index in [4.69, 9.17) is 25.6 Å². The van der Waals surface area contributed by atoms with Crippen molar-refractivity contribution < 1.29 is 14.0 Å². The Kier molecular flexibility index (Phi) is 4.81. The fourth-order valence-corrected chi connectivity index (χ4v) is 3.85. The molecule has 28 heavy (non-hydrogen) atoms. The first-order valence-corrected chi connectivity index (χ1v) is 10.1. The molecule has 0 radical (unpaired) electrons. The van der Waals surface area contributed by atoms with E-state index in [1.165, 1.54) is 0 Å². The van der Waals surface area contributed by atoms with Crippen molar-refractivity contribution in [3.05, 3.63) is 63.8 Å². The molecule has 1 aromatic heterocycles. The van der Waals surface area contributed by atoms with Gasteiger partial charge in [0.1, 0.15) is 12.4 Å². The highest BCUT2D eigenvalue weighted by molar-refractivity contribution is 6.56. The molecular weight excluding hydrogens is 373 g/mol. The van der Waals surface area contributed by atoms with Gasteiger partial charge >= 0.3 is 7.12 Å². The van der Waals surface area contributed by atoms with Gasteiger partial charge in [0.25, 0.3) is 0 Å². The molecule has 0 aliphatic carbocycles. The van der Waals surface area contributed by atoms with Crippen LogP contribution in [0.5, 0.6) is 5.75 Å². The summed E-state index contributed by atoms with van der Waals surface area (Å²) in [6, 6.07) is 9.81. The second-order valence-electron chi connectivity index (χ2n) is 8.27. The highest BCUT2D eigenvalue weighted by Gasteiger charge is 2.52. The number of hydrogen-bond acceptors (Lipinski definition) is 4. The number of pyridine rings is 1. The van der Waals surface area contributed by atoms with Crippen molar-refractivity contribution >= 4 is 24.3 Å². The number of halogens is 1. The lowest BCUT2D eigenvalue weighted by atomic mass is 9.70. The van der Waals surface area contributed by atoms with Crippen molar-refractivity contribution in [1.82, 2.24) is 4.98 Å². The van der Waals surface area contributed by atoms with Crippen LogP contribution in [0.2, 0.25) is 5.02 Å². The zero-order valence-electron chi connectivity index (χ0n) is 17.0. The zero-order chi connectivity index (χ0) is 20.1. The maximum Gasteiger partial charge on any atom is 0.491 e. The van der Waals surface area contributed by atoms with Crippen LogP contribution in [0, 0.1) is 0 Å². The van der Waals surface area contributed by atoms with Crippen LogP contribution in [-0.2, 0) is 15.9 Å². The fraction of sp³-hybridized carbons (Fsp3) is 0.409. The molecule has 2 aliphatic heterocycles. The van der Waals surface area contributed by atoms with Gasteiger partial charge in [0, 0.05) is 22.3 Å². The second kappa shape index (κ2) is 6.91. The molecule has 146 valence electrons. The normalized spacial score (nSPS) is 21.4. The Labute approximate surface area is 172 Å². The number of benzene rings is 1. The van der Waals surface area contributed by atoms with E-state index >= 15 is 0 Å². The first-order chi connectivity index (χ1) is 13.2. The molecule has 4 nitrogen and oxygen atoms in total. The molecule has 0 atom stereocenters. The van der Waals surface area contributed by atoms with Gasteiger partial charge in [-0.1, -0.05) is 24.6 Å². The second-order valence-corrected chi connectivity index (χ2v) is 8.71. The van der Waals surface area contributed by atoms with Crippen molar-refractivity contribution in [2.24, 2.45) is 0 Å². The Hall–Kier alpha value is -1.82. The van der Waals surface area contributed by atoms with Gasteiger partial charge in [0.15, 0.2) is 0 Å².